The number of aromatic hydroxyl groups is 1. The number of aryl methyl sites for hydroxylation is 2. The number of carboxylic acid groups (broad SMARTS) is 1. The third-order valence-electron chi connectivity index (χ3n) is 5.00. The van der Waals surface area contributed by atoms with Gasteiger partial charge in [-0.05, 0) is 68.1 Å². The van der Waals surface area contributed by atoms with Crippen LogP contribution in [0.15, 0.2) is 42.5 Å². The second-order valence-corrected chi connectivity index (χ2v) is 7.55. The lowest BCUT2D eigenvalue weighted by molar-refractivity contribution is -0.143. The van der Waals surface area contributed by atoms with E-state index in [1.54, 1.807) is 12.1 Å². The van der Waals surface area contributed by atoms with Gasteiger partial charge in [0.1, 0.15) is 5.75 Å². The summed E-state index contributed by atoms with van der Waals surface area (Å²) >= 11 is 0. The summed E-state index contributed by atoms with van der Waals surface area (Å²) in [6.07, 6.45) is 1.42. The average Bonchev–Trinajstić information content (AvgIpc) is 2.85. The molecule has 2 unspecified atom stereocenters. The molecule has 0 saturated heterocycles. The molecule has 0 aliphatic rings. The number of phenolic OH excluding ortho intramolecular Hbond substituents is 1. The van der Waals surface area contributed by atoms with Gasteiger partial charge in [-0.25, -0.2) is 4.79 Å². The Kier molecular flexibility index (Phi) is 15.1. The van der Waals surface area contributed by atoms with E-state index in [-0.39, 0.29) is 17.9 Å². The molecule has 8 heteroatoms. The Morgan fingerprint density at radius 1 is 0.971 bits per heavy atom. The van der Waals surface area contributed by atoms with E-state index in [2.05, 4.69) is 10.6 Å². The molecule has 0 fully saturated rings. The maximum absolute atomic E-state index is 12.1. The Hall–Kier alpha value is -3.68. The molecule has 0 heterocycles. The average molecular weight is 487 g/mol. The quantitative estimate of drug-likeness (QED) is 0.311. The zero-order valence-corrected chi connectivity index (χ0v) is 21.4. The van der Waals surface area contributed by atoms with E-state index in [4.69, 9.17) is 5.11 Å². The summed E-state index contributed by atoms with van der Waals surface area (Å²) in [6.45, 7) is 12.5. The fraction of sp³-hybridized carbons (Fsp3) is 0.407. The number of hydrogen-bond donors (Lipinski definition) is 4. The van der Waals surface area contributed by atoms with Crippen molar-refractivity contribution < 1.29 is 29.4 Å². The van der Waals surface area contributed by atoms with Crippen LogP contribution in [0.4, 0.5) is 0 Å². The van der Waals surface area contributed by atoms with Crippen LogP contribution in [0.1, 0.15) is 73.5 Å². The maximum Gasteiger partial charge on any atom is 0.333 e. The van der Waals surface area contributed by atoms with Crippen LogP contribution in [0.25, 0.3) is 0 Å². The van der Waals surface area contributed by atoms with Crippen LogP contribution in [-0.2, 0) is 14.4 Å². The summed E-state index contributed by atoms with van der Waals surface area (Å²) in [5.41, 5.74) is 3.78. The number of aliphatic carboxylic acids is 1. The fourth-order valence-electron chi connectivity index (χ4n) is 3.00. The van der Waals surface area contributed by atoms with Crippen LogP contribution in [0.3, 0.4) is 0 Å². The monoisotopic (exact) mass is 486 g/mol. The topological polar surface area (TPSA) is 133 Å². The van der Waals surface area contributed by atoms with Crippen molar-refractivity contribution in [3.63, 3.8) is 0 Å². The van der Waals surface area contributed by atoms with Crippen LogP contribution in [0, 0.1) is 13.8 Å². The van der Waals surface area contributed by atoms with Gasteiger partial charge in [-0.15, -0.1) is 0 Å². The van der Waals surface area contributed by atoms with Gasteiger partial charge < -0.3 is 25.6 Å². The SMILES string of the molecule is CC.CCCC(C(=O)NC(C=O)C(=O)O)c1ccc(O)cc1.CCNC(=O)c1ccc(C)c(C)c1. The van der Waals surface area contributed by atoms with Gasteiger partial charge in [0.25, 0.3) is 5.91 Å². The lowest BCUT2D eigenvalue weighted by Gasteiger charge is -2.18. The first-order chi connectivity index (χ1) is 16.6. The predicted molar refractivity (Wildman–Crippen MR) is 137 cm³/mol. The second-order valence-electron chi connectivity index (χ2n) is 7.55. The summed E-state index contributed by atoms with van der Waals surface area (Å²) in [5.74, 6) is -2.37. The lowest BCUT2D eigenvalue weighted by atomic mass is 9.93. The van der Waals surface area contributed by atoms with E-state index >= 15 is 0 Å². The predicted octanol–water partition coefficient (Wildman–Crippen LogP) is 4.12. The highest BCUT2D eigenvalue weighted by Crippen LogP contribution is 2.23. The Bertz CT molecular complexity index is 957. The number of rotatable bonds is 9. The van der Waals surface area contributed by atoms with Gasteiger partial charge >= 0.3 is 5.97 Å². The minimum atomic E-state index is -1.54. The molecule has 2 aromatic carbocycles. The summed E-state index contributed by atoms with van der Waals surface area (Å²) in [7, 11) is 0. The molecule has 2 rings (SSSR count). The standard InChI is InChI=1S/C14H17NO5.C11H15NO.C2H6/c1-2-3-11(9-4-6-10(17)7-5-9)13(18)15-12(8-16)14(19)20;1-4-12-11(13)10-6-5-8(2)9(3)7-10;1-2/h4-8,11-12,17H,2-3H2,1H3,(H,15,18)(H,19,20);5-7H,4H2,1-3H3,(H,12,13);1-2H3. The number of aldehydes is 1. The lowest BCUT2D eigenvalue weighted by Crippen LogP contribution is -2.44. The number of nitrogens with one attached hydrogen (secondary N) is 2. The third-order valence-corrected chi connectivity index (χ3v) is 5.00. The Balaban J connectivity index is 0.000000665. The number of hydrogen-bond acceptors (Lipinski definition) is 5. The van der Waals surface area contributed by atoms with Gasteiger partial charge in [0.15, 0.2) is 12.3 Å². The van der Waals surface area contributed by atoms with Crippen molar-refractivity contribution in [2.75, 3.05) is 6.54 Å². The van der Waals surface area contributed by atoms with Crippen molar-refractivity contribution in [1.29, 1.82) is 0 Å². The molecular formula is C27H38N2O6. The highest BCUT2D eigenvalue weighted by molar-refractivity contribution is 5.97. The van der Waals surface area contributed by atoms with Crippen molar-refractivity contribution in [1.82, 2.24) is 10.6 Å². The van der Waals surface area contributed by atoms with Gasteiger partial charge in [-0.1, -0.05) is 45.4 Å². The zero-order chi connectivity index (χ0) is 27.0. The first-order valence-corrected chi connectivity index (χ1v) is 11.8. The Labute approximate surface area is 207 Å². The van der Waals surface area contributed by atoms with E-state index in [9.17, 15) is 24.3 Å². The van der Waals surface area contributed by atoms with E-state index in [0.29, 0.717) is 18.5 Å². The molecular weight excluding hydrogens is 448 g/mol. The number of benzene rings is 2. The van der Waals surface area contributed by atoms with E-state index < -0.39 is 23.8 Å². The van der Waals surface area contributed by atoms with E-state index in [0.717, 1.165) is 17.5 Å². The minimum absolute atomic E-state index is 0.00519. The molecule has 8 nitrogen and oxygen atoms in total. The summed E-state index contributed by atoms with van der Waals surface area (Å²) < 4.78 is 0. The normalized spacial score (nSPS) is 11.4. The number of carbonyl (C=O) groups is 4. The smallest absolute Gasteiger partial charge is 0.333 e. The first-order valence-electron chi connectivity index (χ1n) is 11.8. The molecule has 192 valence electrons. The minimum Gasteiger partial charge on any atom is -0.508 e. The molecule has 0 aliphatic heterocycles. The molecule has 0 spiro atoms. The molecule has 0 radical (unpaired) electrons. The molecule has 2 amide bonds. The molecule has 0 saturated carbocycles. The fourth-order valence-corrected chi connectivity index (χ4v) is 3.00. The van der Waals surface area contributed by atoms with Gasteiger partial charge in [0.2, 0.25) is 5.91 Å². The summed E-state index contributed by atoms with van der Waals surface area (Å²) in [5, 5.41) is 23.0. The molecule has 2 aromatic rings. The molecule has 0 aromatic heterocycles. The van der Waals surface area contributed by atoms with Gasteiger partial charge in [0.05, 0.1) is 5.92 Å². The van der Waals surface area contributed by atoms with Crippen LogP contribution in [0.2, 0.25) is 0 Å². The summed E-state index contributed by atoms with van der Waals surface area (Å²) in [4.78, 5) is 44.9. The third kappa shape index (κ3) is 10.9. The summed E-state index contributed by atoms with van der Waals surface area (Å²) in [6, 6.07) is 10.3. The highest BCUT2D eigenvalue weighted by Gasteiger charge is 2.25. The molecule has 0 bridgehead atoms. The van der Waals surface area contributed by atoms with Crippen molar-refractivity contribution in [3.8, 4) is 5.75 Å². The van der Waals surface area contributed by atoms with Gasteiger partial charge in [0, 0.05) is 12.1 Å². The van der Waals surface area contributed by atoms with Gasteiger partial charge in [-0.2, -0.15) is 0 Å². The number of phenols is 1. The van der Waals surface area contributed by atoms with Crippen molar-refractivity contribution in [2.45, 2.75) is 66.3 Å². The zero-order valence-electron chi connectivity index (χ0n) is 21.4. The molecule has 4 N–H and O–H groups in total. The van der Waals surface area contributed by atoms with E-state index in [1.807, 2.05) is 59.7 Å². The first kappa shape index (κ1) is 31.3. The molecule has 35 heavy (non-hydrogen) atoms. The molecule has 2 atom stereocenters. The number of amides is 2. The van der Waals surface area contributed by atoms with Crippen LogP contribution >= 0.6 is 0 Å². The maximum atomic E-state index is 12.1. The Morgan fingerprint density at radius 2 is 1.57 bits per heavy atom. The number of carboxylic acids is 1. The van der Waals surface area contributed by atoms with Crippen molar-refractivity contribution in [3.05, 3.63) is 64.7 Å². The van der Waals surface area contributed by atoms with Crippen LogP contribution in [0.5, 0.6) is 5.75 Å². The van der Waals surface area contributed by atoms with Crippen molar-refractivity contribution >= 4 is 24.1 Å². The Morgan fingerprint density at radius 3 is 2.03 bits per heavy atom. The largest absolute Gasteiger partial charge is 0.508 e. The van der Waals surface area contributed by atoms with Crippen LogP contribution < -0.4 is 10.6 Å². The number of carbonyl (C=O) groups excluding carboxylic acids is 3. The van der Waals surface area contributed by atoms with Crippen LogP contribution in [-0.4, -0.2) is 46.9 Å². The van der Waals surface area contributed by atoms with E-state index in [1.165, 1.54) is 17.7 Å². The van der Waals surface area contributed by atoms with Crippen molar-refractivity contribution in [2.24, 2.45) is 0 Å². The van der Waals surface area contributed by atoms with Gasteiger partial charge in [-0.3, -0.25) is 9.59 Å². The molecule has 0 aliphatic carbocycles. The second kappa shape index (κ2) is 16.9. The highest BCUT2D eigenvalue weighted by atomic mass is 16.4.